The summed E-state index contributed by atoms with van der Waals surface area (Å²) in [6.07, 6.45) is 2.55. The number of nitrogens with one attached hydrogen (secondary N) is 1. The Kier molecular flexibility index (Phi) is 8.16. The molecule has 0 spiro atoms. The molecule has 2 aromatic carbocycles. The molecule has 0 aliphatic carbocycles. The van der Waals surface area contributed by atoms with Crippen LogP contribution in [0.25, 0.3) is 0 Å². The van der Waals surface area contributed by atoms with Gasteiger partial charge in [0.2, 0.25) is 5.91 Å². The van der Waals surface area contributed by atoms with Gasteiger partial charge in [-0.1, -0.05) is 36.7 Å². The lowest BCUT2D eigenvalue weighted by Crippen LogP contribution is -2.33. The normalized spacial score (nSPS) is 11.8. The van der Waals surface area contributed by atoms with Gasteiger partial charge in [-0.25, -0.2) is 0 Å². The van der Waals surface area contributed by atoms with Crippen LogP contribution in [0.2, 0.25) is 5.02 Å². The van der Waals surface area contributed by atoms with Gasteiger partial charge in [0.05, 0.1) is 12.4 Å². The van der Waals surface area contributed by atoms with E-state index in [1.165, 1.54) is 5.56 Å². The Hall–Kier alpha value is -1.65. The number of para-hydroxylation sites is 1. The standard InChI is InChI=1S/C20H24ClNO2S/c1-3-19(25-17-12-10-16(21)11-13-17)20(23)22-14-6-8-15-7-4-5-9-18(15)24-2/h4-5,7,9-13,19H,3,6,8,14H2,1-2H3,(H,22,23)/t19-/m0/s1. The fourth-order valence-corrected chi connectivity index (χ4v) is 3.62. The summed E-state index contributed by atoms with van der Waals surface area (Å²) >= 11 is 7.48. The molecule has 0 aromatic heterocycles. The first kappa shape index (κ1) is 19.7. The van der Waals surface area contributed by atoms with E-state index in [-0.39, 0.29) is 11.2 Å². The largest absolute Gasteiger partial charge is 0.496 e. The molecular formula is C20H24ClNO2S. The van der Waals surface area contributed by atoms with Gasteiger partial charge in [0, 0.05) is 16.5 Å². The van der Waals surface area contributed by atoms with E-state index < -0.39 is 0 Å². The predicted octanol–water partition coefficient (Wildman–Crippen LogP) is 4.97. The molecule has 0 saturated heterocycles. The van der Waals surface area contributed by atoms with Crippen LogP contribution in [0.3, 0.4) is 0 Å². The maximum Gasteiger partial charge on any atom is 0.233 e. The fraction of sp³-hybridized carbons (Fsp3) is 0.350. The van der Waals surface area contributed by atoms with Crippen LogP contribution in [-0.4, -0.2) is 24.8 Å². The highest BCUT2D eigenvalue weighted by molar-refractivity contribution is 8.00. The van der Waals surface area contributed by atoms with Crippen molar-refractivity contribution in [3.05, 3.63) is 59.1 Å². The van der Waals surface area contributed by atoms with Crippen LogP contribution in [0.15, 0.2) is 53.4 Å². The topological polar surface area (TPSA) is 38.3 Å². The monoisotopic (exact) mass is 377 g/mol. The molecular weight excluding hydrogens is 354 g/mol. The van der Waals surface area contributed by atoms with E-state index in [4.69, 9.17) is 16.3 Å². The van der Waals surface area contributed by atoms with Crippen LogP contribution < -0.4 is 10.1 Å². The average molecular weight is 378 g/mol. The minimum atomic E-state index is -0.0903. The van der Waals surface area contributed by atoms with Crippen molar-refractivity contribution in [1.29, 1.82) is 0 Å². The number of thioether (sulfide) groups is 1. The van der Waals surface area contributed by atoms with E-state index in [1.807, 2.05) is 49.4 Å². The van der Waals surface area contributed by atoms with Crippen LogP contribution in [0.4, 0.5) is 0 Å². The molecule has 0 saturated carbocycles. The molecule has 1 N–H and O–H groups in total. The lowest BCUT2D eigenvalue weighted by Gasteiger charge is -2.15. The number of halogens is 1. The van der Waals surface area contributed by atoms with Crippen LogP contribution >= 0.6 is 23.4 Å². The van der Waals surface area contributed by atoms with E-state index in [1.54, 1.807) is 18.9 Å². The van der Waals surface area contributed by atoms with Gasteiger partial charge in [0.1, 0.15) is 5.75 Å². The van der Waals surface area contributed by atoms with Gasteiger partial charge in [-0.3, -0.25) is 4.79 Å². The number of ether oxygens (including phenoxy) is 1. The van der Waals surface area contributed by atoms with E-state index in [2.05, 4.69) is 11.4 Å². The fourth-order valence-electron chi connectivity index (χ4n) is 2.51. The minimum Gasteiger partial charge on any atom is -0.496 e. The highest BCUT2D eigenvalue weighted by atomic mass is 35.5. The van der Waals surface area contributed by atoms with Gasteiger partial charge in [-0.05, 0) is 55.2 Å². The molecule has 2 rings (SSSR count). The molecule has 134 valence electrons. The third kappa shape index (κ3) is 6.29. The van der Waals surface area contributed by atoms with Gasteiger partial charge in [-0.2, -0.15) is 0 Å². The third-order valence-corrected chi connectivity index (χ3v) is 5.50. The zero-order valence-corrected chi connectivity index (χ0v) is 16.2. The summed E-state index contributed by atoms with van der Waals surface area (Å²) in [6.45, 7) is 2.69. The number of carbonyl (C=O) groups excluding carboxylic acids is 1. The Morgan fingerprint density at radius 1 is 1.20 bits per heavy atom. The molecule has 2 aromatic rings. The Labute approximate surface area is 159 Å². The first-order chi connectivity index (χ1) is 12.1. The van der Waals surface area contributed by atoms with Gasteiger partial charge < -0.3 is 10.1 Å². The van der Waals surface area contributed by atoms with Crippen molar-refractivity contribution in [3.63, 3.8) is 0 Å². The van der Waals surface area contributed by atoms with Gasteiger partial charge in [-0.15, -0.1) is 11.8 Å². The summed E-state index contributed by atoms with van der Waals surface area (Å²) in [5.74, 6) is 0.987. The molecule has 0 aliphatic heterocycles. The summed E-state index contributed by atoms with van der Waals surface area (Å²) in [6, 6.07) is 15.6. The van der Waals surface area contributed by atoms with Crippen LogP contribution in [0.5, 0.6) is 5.75 Å². The van der Waals surface area contributed by atoms with Crippen molar-refractivity contribution in [3.8, 4) is 5.75 Å². The summed E-state index contributed by atoms with van der Waals surface area (Å²) in [4.78, 5) is 13.5. The Morgan fingerprint density at radius 2 is 1.92 bits per heavy atom. The first-order valence-electron chi connectivity index (χ1n) is 8.46. The molecule has 0 radical (unpaired) electrons. The molecule has 5 heteroatoms. The predicted molar refractivity (Wildman–Crippen MR) is 106 cm³/mol. The average Bonchev–Trinajstić information content (AvgIpc) is 2.64. The summed E-state index contributed by atoms with van der Waals surface area (Å²) in [5, 5.41) is 3.66. The van der Waals surface area contributed by atoms with Gasteiger partial charge >= 0.3 is 0 Å². The van der Waals surface area contributed by atoms with Crippen LogP contribution in [0, 0.1) is 0 Å². The Morgan fingerprint density at radius 3 is 2.60 bits per heavy atom. The zero-order valence-electron chi connectivity index (χ0n) is 14.6. The number of hydrogen-bond donors (Lipinski definition) is 1. The maximum absolute atomic E-state index is 12.4. The van der Waals surface area contributed by atoms with Gasteiger partial charge in [0.25, 0.3) is 0 Å². The van der Waals surface area contributed by atoms with Crippen molar-refractivity contribution < 1.29 is 9.53 Å². The Balaban J connectivity index is 1.78. The molecule has 0 fully saturated rings. The van der Waals surface area contributed by atoms with E-state index in [0.717, 1.165) is 29.9 Å². The van der Waals surface area contributed by atoms with Crippen molar-refractivity contribution >= 4 is 29.3 Å². The molecule has 0 heterocycles. The lowest BCUT2D eigenvalue weighted by molar-refractivity contribution is -0.120. The maximum atomic E-state index is 12.4. The Bertz CT molecular complexity index is 676. The number of carbonyl (C=O) groups is 1. The minimum absolute atomic E-state index is 0.0856. The van der Waals surface area contributed by atoms with E-state index >= 15 is 0 Å². The molecule has 1 amide bonds. The highest BCUT2D eigenvalue weighted by Gasteiger charge is 2.17. The van der Waals surface area contributed by atoms with Crippen molar-refractivity contribution in [2.45, 2.75) is 36.3 Å². The SMILES string of the molecule is CC[C@H](Sc1ccc(Cl)cc1)C(=O)NCCCc1ccccc1OC. The summed E-state index contributed by atoms with van der Waals surface area (Å²) in [5.41, 5.74) is 1.17. The number of amides is 1. The summed E-state index contributed by atoms with van der Waals surface area (Å²) < 4.78 is 5.35. The molecule has 1 atom stereocenters. The number of rotatable bonds is 9. The lowest BCUT2D eigenvalue weighted by atomic mass is 10.1. The second-order valence-electron chi connectivity index (χ2n) is 5.68. The number of aryl methyl sites for hydroxylation is 1. The van der Waals surface area contributed by atoms with Gasteiger partial charge in [0.15, 0.2) is 0 Å². The van der Waals surface area contributed by atoms with E-state index in [0.29, 0.717) is 11.6 Å². The third-order valence-electron chi connectivity index (χ3n) is 3.87. The van der Waals surface area contributed by atoms with Crippen LogP contribution in [0.1, 0.15) is 25.3 Å². The van der Waals surface area contributed by atoms with Crippen molar-refractivity contribution in [2.24, 2.45) is 0 Å². The smallest absolute Gasteiger partial charge is 0.233 e. The zero-order chi connectivity index (χ0) is 18.1. The highest BCUT2D eigenvalue weighted by Crippen LogP contribution is 2.26. The first-order valence-corrected chi connectivity index (χ1v) is 9.71. The quantitative estimate of drug-likeness (QED) is 0.495. The number of hydrogen-bond acceptors (Lipinski definition) is 3. The second-order valence-corrected chi connectivity index (χ2v) is 7.39. The van der Waals surface area contributed by atoms with Crippen LogP contribution in [-0.2, 0) is 11.2 Å². The number of methoxy groups -OCH3 is 1. The number of benzene rings is 2. The second kappa shape index (κ2) is 10.4. The van der Waals surface area contributed by atoms with Crippen molar-refractivity contribution in [1.82, 2.24) is 5.32 Å². The molecule has 25 heavy (non-hydrogen) atoms. The molecule has 0 unspecified atom stereocenters. The molecule has 0 aliphatic rings. The molecule has 0 bridgehead atoms. The van der Waals surface area contributed by atoms with E-state index in [9.17, 15) is 4.79 Å². The molecule has 3 nitrogen and oxygen atoms in total. The summed E-state index contributed by atoms with van der Waals surface area (Å²) in [7, 11) is 1.68. The van der Waals surface area contributed by atoms with Crippen molar-refractivity contribution in [2.75, 3.05) is 13.7 Å².